The smallest absolute Gasteiger partial charge is 0.160 e. The van der Waals surface area contributed by atoms with Crippen molar-refractivity contribution in [1.29, 1.82) is 0 Å². The molecular weight excluding hydrogens is 683 g/mol. The number of aromatic nitrogens is 5. The first-order chi connectivity index (χ1) is 27.8. The highest BCUT2D eigenvalue weighted by Gasteiger charge is 2.19. The van der Waals surface area contributed by atoms with E-state index >= 15 is 0 Å². The first kappa shape index (κ1) is 31.9. The van der Waals surface area contributed by atoms with Gasteiger partial charge in [-0.2, -0.15) is 0 Å². The maximum atomic E-state index is 5.13. The zero-order valence-electron chi connectivity index (χ0n) is 30.3. The molecule has 0 aliphatic carbocycles. The van der Waals surface area contributed by atoms with E-state index in [1.807, 2.05) is 48.7 Å². The number of fused-ring (bicyclic) bond motifs is 6. The molecule has 0 amide bonds. The van der Waals surface area contributed by atoms with Gasteiger partial charge in [0.25, 0.3) is 0 Å². The van der Waals surface area contributed by atoms with Gasteiger partial charge < -0.3 is 9.13 Å². The molecule has 4 heterocycles. The Morgan fingerprint density at radius 3 is 1.73 bits per heavy atom. The van der Waals surface area contributed by atoms with Crippen LogP contribution in [0.4, 0.5) is 0 Å². The monoisotopic (exact) mass is 715 g/mol. The van der Waals surface area contributed by atoms with Crippen LogP contribution in [0, 0.1) is 0 Å². The summed E-state index contributed by atoms with van der Waals surface area (Å²) < 4.78 is 4.71. The van der Waals surface area contributed by atoms with Crippen LogP contribution in [0.15, 0.2) is 200 Å². The number of hydrogen-bond donors (Lipinski definition) is 0. The Bertz CT molecular complexity index is 3180. The summed E-state index contributed by atoms with van der Waals surface area (Å²) in [5.74, 6) is 0.676. The van der Waals surface area contributed by atoms with Gasteiger partial charge in [-0.15, -0.1) is 0 Å². The third-order valence-electron chi connectivity index (χ3n) is 10.8. The second-order valence-corrected chi connectivity index (χ2v) is 14.1. The van der Waals surface area contributed by atoms with Crippen molar-refractivity contribution < 1.29 is 0 Å². The maximum Gasteiger partial charge on any atom is 0.160 e. The Labute approximate surface area is 323 Å². The summed E-state index contributed by atoms with van der Waals surface area (Å²) in [6, 6.07) is 68.2. The SMILES string of the molecule is c1ccc(-c2cc(-c3ccccc3)nc(-c3cccc(-n4c5ccc(-c6cccc7c8ccccc8n(-c8ccccc8)c67)cc5c5ncccc54)c3)n2)cc1. The van der Waals surface area contributed by atoms with Gasteiger partial charge in [-0.3, -0.25) is 4.98 Å². The first-order valence-electron chi connectivity index (χ1n) is 18.9. The molecule has 0 unspecified atom stereocenters. The van der Waals surface area contributed by atoms with Crippen LogP contribution in [0.2, 0.25) is 0 Å². The van der Waals surface area contributed by atoms with Crippen LogP contribution in [-0.2, 0) is 0 Å². The quantitative estimate of drug-likeness (QED) is 0.172. The summed E-state index contributed by atoms with van der Waals surface area (Å²) in [6.07, 6.45) is 1.89. The van der Waals surface area contributed by atoms with E-state index in [2.05, 4.69) is 161 Å². The van der Waals surface area contributed by atoms with E-state index in [0.717, 1.165) is 67.0 Å². The molecule has 56 heavy (non-hydrogen) atoms. The zero-order valence-corrected chi connectivity index (χ0v) is 30.3. The van der Waals surface area contributed by atoms with E-state index in [-0.39, 0.29) is 0 Å². The average Bonchev–Trinajstić information content (AvgIpc) is 3.80. The average molecular weight is 716 g/mol. The first-order valence-corrected chi connectivity index (χ1v) is 18.9. The molecule has 262 valence electrons. The summed E-state index contributed by atoms with van der Waals surface area (Å²) in [5, 5.41) is 3.56. The summed E-state index contributed by atoms with van der Waals surface area (Å²) >= 11 is 0. The molecule has 0 N–H and O–H groups in total. The Morgan fingerprint density at radius 2 is 0.964 bits per heavy atom. The molecule has 0 spiro atoms. The van der Waals surface area contributed by atoms with E-state index in [1.165, 1.54) is 27.4 Å². The highest BCUT2D eigenvalue weighted by Crippen LogP contribution is 2.40. The van der Waals surface area contributed by atoms with Gasteiger partial charge in [0, 0.05) is 56.0 Å². The minimum atomic E-state index is 0.676. The van der Waals surface area contributed by atoms with Crippen LogP contribution < -0.4 is 0 Å². The molecule has 0 aliphatic rings. The number of hydrogen-bond acceptors (Lipinski definition) is 3. The van der Waals surface area contributed by atoms with Gasteiger partial charge in [0.05, 0.1) is 39.0 Å². The van der Waals surface area contributed by atoms with Crippen LogP contribution in [0.25, 0.3) is 100 Å². The third kappa shape index (κ3) is 5.21. The predicted molar refractivity (Wildman–Crippen MR) is 230 cm³/mol. The summed E-state index contributed by atoms with van der Waals surface area (Å²) in [4.78, 5) is 15.2. The maximum absolute atomic E-state index is 5.13. The molecule has 0 fully saturated rings. The molecular formula is C51H33N5. The van der Waals surface area contributed by atoms with Gasteiger partial charge in [-0.25, -0.2) is 9.97 Å². The molecule has 0 radical (unpaired) electrons. The standard InChI is InChI=1S/C51H33N5/c1-4-15-34(16-5-1)44-33-45(35-17-6-2-7-18-35)54-51(53-44)37-19-12-22-39(31-37)55-47-29-28-36(32-43(47)49-48(55)27-14-30-52-49)40-24-13-25-42-41-23-10-11-26-46(41)56(50(40)42)38-20-8-3-9-21-38/h1-33H. The lowest BCUT2D eigenvalue weighted by Gasteiger charge is -2.13. The summed E-state index contributed by atoms with van der Waals surface area (Å²) in [7, 11) is 0. The van der Waals surface area contributed by atoms with Crippen molar-refractivity contribution in [1.82, 2.24) is 24.1 Å². The Kier molecular flexibility index (Phi) is 7.42. The van der Waals surface area contributed by atoms with Gasteiger partial charge in [-0.1, -0.05) is 133 Å². The van der Waals surface area contributed by atoms with Crippen molar-refractivity contribution in [3.05, 3.63) is 200 Å². The Morgan fingerprint density at radius 1 is 0.357 bits per heavy atom. The number of pyridine rings is 1. The highest BCUT2D eigenvalue weighted by atomic mass is 15.0. The third-order valence-corrected chi connectivity index (χ3v) is 10.8. The zero-order chi connectivity index (χ0) is 37.0. The molecule has 0 aliphatic heterocycles. The van der Waals surface area contributed by atoms with Gasteiger partial charge in [-0.05, 0) is 66.2 Å². The highest BCUT2D eigenvalue weighted by molar-refractivity contribution is 6.15. The summed E-state index contributed by atoms with van der Waals surface area (Å²) in [6.45, 7) is 0. The molecule has 0 saturated carbocycles. The predicted octanol–water partition coefficient (Wildman–Crippen LogP) is 12.7. The van der Waals surface area contributed by atoms with Crippen LogP contribution >= 0.6 is 0 Å². The minimum absolute atomic E-state index is 0.676. The second-order valence-electron chi connectivity index (χ2n) is 14.1. The fraction of sp³-hybridized carbons (Fsp3) is 0. The molecule has 0 bridgehead atoms. The lowest BCUT2D eigenvalue weighted by Crippen LogP contribution is -1.98. The van der Waals surface area contributed by atoms with E-state index in [4.69, 9.17) is 15.0 Å². The molecule has 0 saturated heterocycles. The van der Waals surface area contributed by atoms with Crippen molar-refractivity contribution in [3.63, 3.8) is 0 Å². The van der Waals surface area contributed by atoms with Crippen molar-refractivity contribution >= 4 is 43.7 Å². The minimum Gasteiger partial charge on any atom is -0.309 e. The molecule has 0 atom stereocenters. The fourth-order valence-corrected chi connectivity index (χ4v) is 8.25. The van der Waals surface area contributed by atoms with Crippen LogP contribution in [0.5, 0.6) is 0 Å². The molecule has 5 heteroatoms. The van der Waals surface area contributed by atoms with Crippen molar-refractivity contribution in [2.75, 3.05) is 0 Å². The van der Waals surface area contributed by atoms with Crippen molar-refractivity contribution in [2.45, 2.75) is 0 Å². The number of para-hydroxylation sites is 3. The van der Waals surface area contributed by atoms with Crippen LogP contribution in [-0.4, -0.2) is 24.1 Å². The second kappa shape index (κ2) is 13.0. The van der Waals surface area contributed by atoms with Gasteiger partial charge >= 0.3 is 0 Å². The Hall–Kier alpha value is -7.63. The van der Waals surface area contributed by atoms with E-state index < -0.39 is 0 Å². The molecule has 4 aromatic heterocycles. The molecule has 7 aromatic carbocycles. The number of benzene rings is 7. The number of rotatable bonds is 6. The number of nitrogens with zero attached hydrogens (tertiary/aromatic N) is 5. The largest absolute Gasteiger partial charge is 0.309 e. The van der Waals surface area contributed by atoms with Gasteiger partial charge in [0.1, 0.15) is 0 Å². The van der Waals surface area contributed by atoms with E-state index in [0.29, 0.717) is 5.82 Å². The van der Waals surface area contributed by atoms with Gasteiger partial charge in [0.15, 0.2) is 5.82 Å². The molecule has 11 rings (SSSR count). The van der Waals surface area contributed by atoms with Crippen molar-refractivity contribution in [2.24, 2.45) is 0 Å². The van der Waals surface area contributed by atoms with Gasteiger partial charge in [0.2, 0.25) is 0 Å². The van der Waals surface area contributed by atoms with Crippen molar-refractivity contribution in [3.8, 4) is 56.4 Å². The topological polar surface area (TPSA) is 48.5 Å². The normalized spacial score (nSPS) is 11.6. The molecule has 11 aromatic rings. The van der Waals surface area contributed by atoms with Crippen LogP contribution in [0.1, 0.15) is 0 Å². The fourth-order valence-electron chi connectivity index (χ4n) is 8.25. The lowest BCUT2D eigenvalue weighted by molar-refractivity contribution is 1.15. The lowest BCUT2D eigenvalue weighted by atomic mass is 10.0. The van der Waals surface area contributed by atoms with E-state index in [1.54, 1.807) is 0 Å². The van der Waals surface area contributed by atoms with E-state index in [9.17, 15) is 0 Å². The molecule has 5 nitrogen and oxygen atoms in total. The Balaban J connectivity index is 1.09. The summed E-state index contributed by atoms with van der Waals surface area (Å²) in [5.41, 5.74) is 14.7. The van der Waals surface area contributed by atoms with Crippen LogP contribution in [0.3, 0.4) is 0 Å².